The van der Waals surface area contributed by atoms with Crippen molar-refractivity contribution >= 4 is 5.91 Å². The minimum atomic E-state index is -0.277. The molecule has 0 aliphatic carbocycles. The van der Waals surface area contributed by atoms with E-state index >= 15 is 0 Å². The first-order chi connectivity index (χ1) is 7.53. The number of aromatic amines is 1. The normalized spacial score (nSPS) is 29.3. The molecule has 1 aliphatic rings. The first kappa shape index (κ1) is 11.1. The van der Waals surface area contributed by atoms with Gasteiger partial charge in [0.2, 0.25) is 0 Å². The number of rotatable bonds is 2. The van der Waals surface area contributed by atoms with Crippen molar-refractivity contribution in [2.75, 3.05) is 6.61 Å². The SMILES string of the molecule is Cc1[nH]ncc1C(=O)NC1(C)CCOC1C. The number of H-pyrrole nitrogens is 1. The second-order valence-electron chi connectivity index (χ2n) is 4.54. The summed E-state index contributed by atoms with van der Waals surface area (Å²) in [6.07, 6.45) is 2.44. The molecule has 1 saturated heterocycles. The highest BCUT2D eigenvalue weighted by atomic mass is 16.5. The van der Waals surface area contributed by atoms with Gasteiger partial charge in [-0.3, -0.25) is 9.89 Å². The second kappa shape index (κ2) is 3.90. The van der Waals surface area contributed by atoms with Gasteiger partial charge in [0.15, 0.2) is 0 Å². The van der Waals surface area contributed by atoms with Gasteiger partial charge in [0.25, 0.3) is 5.91 Å². The maximum atomic E-state index is 12.0. The molecule has 1 aromatic heterocycles. The van der Waals surface area contributed by atoms with Gasteiger partial charge in [-0.1, -0.05) is 0 Å². The Hall–Kier alpha value is -1.36. The number of hydrogen-bond donors (Lipinski definition) is 2. The van der Waals surface area contributed by atoms with Crippen molar-refractivity contribution in [1.82, 2.24) is 15.5 Å². The number of ether oxygens (including phenoxy) is 1. The molecule has 0 aromatic carbocycles. The molecule has 16 heavy (non-hydrogen) atoms. The van der Waals surface area contributed by atoms with Gasteiger partial charge in [0.1, 0.15) is 0 Å². The predicted octanol–water partition coefficient (Wildman–Crippen LogP) is 1.02. The van der Waals surface area contributed by atoms with Crippen LogP contribution in [0.5, 0.6) is 0 Å². The first-order valence-electron chi connectivity index (χ1n) is 5.47. The van der Waals surface area contributed by atoms with Gasteiger partial charge in [-0.15, -0.1) is 0 Å². The lowest BCUT2D eigenvalue weighted by Gasteiger charge is -2.28. The fourth-order valence-corrected chi connectivity index (χ4v) is 1.91. The van der Waals surface area contributed by atoms with Crippen LogP contribution in [0.15, 0.2) is 6.20 Å². The Bertz CT molecular complexity index is 402. The Balaban J connectivity index is 2.11. The average molecular weight is 223 g/mol. The maximum Gasteiger partial charge on any atom is 0.255 e. The van der Waals surface area contributed by atoms with Crippen molar-refractivity contribution in [3.8, 4) is 0 Å². The first-order valence-corrected chi connectivity index (χ1v) is 5.47. The molecule has 1 amide bonds. The highest BCUT2D eigenvalue weighted by molar-refractivity contribution is 5.95. The summed E-state index contributed by atoms with van der Waals surface area (Å²) in [4.78, 5) is 12.0. The monoisotopic (exact) mass is 223 g/mol. The van der Waals surface area contributed by atoms with E-state index in [0.29, 0.717) is 12.2 Å². The average Bonchev–Trinajstić information content (AvgIpc) is 2.75. The molecule has 1 fully saturated rings. The third kappa shape index (κ3) is 1.82. The van der Waals surface area contributed by atoms with Crippen molar-refractivity contribution < 1.29 is 9.53 Å². The molecule has 5 nitrogen and oxygen atoms in total. The Morgan fingerprint density at radius 3 is 3.00 bits per heavy atom. The molecule has 0 spiro atoms. The maximum absolute atomic E-state index is 12.0. The Labute approximate surface area is 94.6 Å². The van der Waals surface area contributed by atoms with E-state index in [-0.39, 0.29) is 17.6 Å². The minimum Gasteiger partial charge on any atom is -0.376 e. The van der Waals surface area contributed by atoms with E-state index in [1.54, 1.807) is 6.20 Å². The lowest BCUT2D eigenvalue weighted by atomic mass is 9.94. The number of nitrogens with one attached hydrogen (secondary N) is 2. The van der Waals surface area contributed by atoms with Crippen LogP contribution in [0.2, 0.25) is 0 Å². The molecule has 2 rings (SSSR count). The fraction of sp³-hybridized carbons (Fsp3) is 0.636. The number of hydrogen-bond acceptors (Lipinski definition) is 3. The van der Waals surface area contributed by atoms with Gasteiger partial charge >= 0.3 is 0 Å². The van der Waals surface area contributed by atoms with Crippen LogP contribution in [0.4, 0.5) is 0 Å². The second-order valence-corrected chi connectivity index (χ2v) is 4.54. The molecular formula is C11H17N3O2. The number of carbonyl (C=O) groups excluding carboxylic acids is 1. The summed E-state index contributed by atoms with van der Waals surface area (Å²) >= 11 is 0. The number of amides is 1. The highest BCUT2D eigenvalue weighted by Crippen LogP contribution is 2.25. The molecule has 88 valence electrons. The van der Waals surface area contributed by atoms with Crippen molar-refractivity contribution in [1.29, 1.82) is 0 Å². The van der Waals surface area contributed by atoms with Crippen LogP contribution in [-0.4, -0.2) is 34.4 Å². The third-order valence-corrected chi connectivity index (χ3v) is 3.36. The van der Waals surface area contributed by atoms with Crippen LogP contribution in [0, 0.1) is 6.92 Å². The zero-order chi connectivity index (χ0) is 11.8. The lowest BCUT2D eigenvalue weighted by Crippen LogP contribution is -2.50. The molecule has 2 heterocycles. The molecular weight excluding hydrogens is 206 g/mol. The zero-order valence-corrected chi connectivity index (χ0v) is 9.83. The van der Waals surface area contributed by atoms with Crippen molar-refractivity contribution in [2.24, 2.45) is 0 Å². The van der Waals surface area contributed by atoms with E-state index < -0.39 is 0 Å². The number of aromatic nitrogens is 2. The molecule has 0 bridgehead atoms. The molecule has 0 saturated carbocycles. The standard InChI is InChI=1S/C11H17N3O2/c1-7-9(6-12-14-7)10(15)13-11(3)4-5-16-8(11)2/h6,8H,4-5H2,1-3H3,(H,12,14)(H,13,15). The summed E-state index contributed by atoms with van der Waals surface area (Å²) in [6, 6.07) is 0. The fourth-order valence-electron chi connectivity index (χ4n) is 1.91. The topological polar surface area (TPSA) is 67.0 Å². The number of nitrogens with zero attached hydrogens (tertiary/aromatic N) is 1. The van der Waals surface area contributed by atoms with E-state index in [2.05, 4.69) is 15.5 Å². The largest absolute Gasteiger partial charge is 0.376 e. The van der Waals surface area contributed by atoms with Gasteiger partial charge in [0, 0.05) is 12.3 Å². The van der Waals surface area contributed by atoms with Crippen LogP contribution in [0.3, 0.4) is 0 Å². The van der Waals surface area contributed by atoms with Crippen LogP contribution in [0.1, 0.15) is 36.3 Å². The van der Waals surface area contributed by atoms with E-state index in [1.165, 1.54) is 0 Å². The van der Waals surface area contributed by atoms with Gasteiger partial charge in [-0.25, -0.2) is 0 Å². The third-order valence-electron chi connectivity index (χ3n) is 3.36. The molecule has 5 heteroatoms. The summed E-state index contributed by atoms with van der Waals surface area (Å²) in [6.45, 7) is 6.52. The Kier molecular flexibility index (Phi) is 2.71. The van der Waals surface area contributed by atoms with Crippen molar-refractivity contribution in [3.05, 3.63) is 17.5 Å². The van der Waals surface area contributed by atoms with E-state index in [4.69, 9.17) is 4.74 Å². The van der Waals surface area contributed by atoms with Gasteiger partial charge in [0.05, 0.1) is 23.4 Å². The van der Waals surface area contributed by atoms with E-state index in [0.717, 1.165) is 12.1 Å². The number of carbonyl (C=O) groups is 1. The van der Waals surface area contributed by atoms with Gasteiger partial charge in [-0.2, -0.15) is 5.10 Å². The Morgan fingerprint density at radius 2 is 2.50 bits per heavy atom. The van der Waals surface area contributed by atoms with Gasteiger partial charge < -0.3 is 10.1 Å². The molecule has 0 radical (unpaired) electrons. The summed E-state index contributed by atoms with van der Waals surface area (Å²) < 4.78 is 5.48. The Morgan fingerprint density at radius 1 is 1.75 bits per heavy atom. The minimum absolute atomic E-state index is 0.0451. The van der Waals surface area contributed by atoms with Crippen molar-refractivity contribution in [2.45, 2.75) is 38.8 Å². The summed E-state index contributed by atoms with van der Waals surface area (Å²) in [5, 5.41) is 9.62. The predicted molar refractivity (Wildman–Crippen MR) is 59.2 cm³/mol. The smallest absolute Gasteiger partial charge is 0.255 e. The molecule has 1 aromatic rings. The van der Waals surface area contributed by atoms with Crippen LogP contribution in [-0.2, 0) is 4.74 Å². The van der Waals surface area contributed by atoms with Crippen molar-refractivity contribution in [3.63, 3.8) is 0 Å². The van der Waals surface area contributed by atoms with Crippen LogP contribution >= 0.6 is 0 Å². The highest BCUT2D eigenvalue weighted by Gasteiger charge is 2.38. The molecule has 2 atom stereocenters. The van der Waals surface area contributed by atoms with Crippen LogP contribution in [0.25, 0.3) is 0 Å². The quantitative estimate of drug-likeness (QED) is 0.786. The number of aryl methyl sites for hydroxylation is 1. The summed E-state index contributed by atoms with van der Waals surface area (Å²) in [5.74, 6) is -0.0916. The van der Waals surface area contributed by atoms with E-state index in [1.807, 2.05) is 20.8 Å². The van der Waals surface area contributed by atoms with Crippen LogP contribution < -0.4 is 5.32 Å². The van der Waals surface area contributed by atoms with Gasteiger partial charge in [-0.05, 0) is 27.2 Å². The molecule has 1 aliphatic heterocycles. The molecule has 2 N–H and O–H groups in total. The zero-order valence-electron chi connectivity index (χ0n) is 9.83. The molecule has 2 unspecified atom stereocenters. The lowest BCUT2D eigenvalue weighted by molar-refractivity contribution is 0.0727. The summed E-state index contributed by atoms with van der Waals surface area (Å²) in [5.41, 5.74) is 1.11. The summed E-state index contributed by atoms with van der Waals surface area (Å²) in [7, 11) is 0. The van der Waals surface area contributed by atoms with E-state index in [9.17, 15) is 4.79 Å².